The van der Waals surface area contributed by atoms with Crippen LogP contribution in [0.3, 0.4) is 0 Å². The lowest BCUT2D eigenvalue weighted by molar-refractivity contribution is -0.909. The zero-order valence-corrected chi connectivity index (χ0v) is 16.1. The molecule has 5 nitrogen and oxygen atoms in total. The van der Waals surface area contributed by atoms with E-state index < -0.39 is 0 Å². The lowest BCUT2D eigenvalue weighted by Gasteiger charge is -2.28. The van der Waals surface area contributed by atoms with Gasteiger partial charge in [-0.2, -0.15) is 0 Å². The van der Waals surface area contributed by atoms with Crippen LogP contribution in [-0.4, -0.2) is 38.8 Å². The summed E-state index contributed by atoms with van der Waals surface area (Å²) in [5, 5.41) is 3.09. The second-order valence-electron chi connectivity index (χ2n) is 7.15. The third-order valence-electron chi connectivity index (χ3n) is 5.17. The molecule has 1 aliphatic heterocycles. The van der Waals surface area contributed by atoms with Crippen LogP contribution in [-0.2, 0) is 4.74 Å². The van der Waals surface area contributed by atoms with E-state index in [2.05, 4.69) is 5.32 Å². The van der Waals surface area contributed by atoms with Crippen molar-refractivity contribution in [3.05, 3.63) is 83.9 Å². The van der Waals surface area contributed by atoms with Gasteiger partial charge in [0, 0.05) is 0 Å². The first-order valence-electron chi connectivity index (χ1n) is 9.82. The summed E-state index contributed by atoms with van der Waals surface area (Å²) in [5.41, 5.74) is 1.38. The summed E-state index contributed by atoms with van der Waals surface area (Å²) in [6, 6.07) is 19.3. The Kier molecular flexibility index (Phi) is 6.03. The highest BCUT2D eigenvalue weighted by Gasteiger charge is 2.24. The quantitative estimate of drug-likeness (QED) is 0.674. The first kappa shape index (κ1) is 19.4. The van der Waals surface area contributed by atoms with E-state index in [1.807, 2.05) is 30.3 Å². The Morgan fingerprint density at radius 3 is 2.48 bits per heavy atom. The third-order valence-corrected chi connectivity index (χ3v) is 5.17. The fraction of sp³-hybridized carbons (Fsp3) is 0.261. The molecule has 3 aromatic rings. The van der Waals surface area contributed by atoms with Crippen molar-refractivity contribution in [1.29, 1.82) is 0 Å². The molecule has 29 heavy (non-hydrogen) atoms. The van der Waals surface area contributed by atoms with Crippen LogP contribution < -0.4 is 10.2 Å². The van der Waals surface area contributed by atoms with Crippen LogP contribution in [0.4, 0.5) is 4.39 Å². The summed E-state index contributed by atoms with van der Waals surface area (Å²) in [5.74, 6) is -0.189. The van der Waals surface area contributed by atoms with Gasteiger partial charge in [0.25, 0.3) is 5.91 Å². The highest BCUT2D eigenvalue weighted by atomic mass is 19.1. The molecule has 1 saturated heterocycles. The molecule has 150 valence electrons. The molecule has 0 bridgehead atoms. The van der Waals surface area contributed by atoms with Gasteiger partial charge in [0.2, 0.25) is 0 Å². The minimum absolute atomic E-state index is 0.154. The molecule has 1 aromatic heterocycles. The first-order valence-corrected chi connectivity index (χ1v) is 9.82. The normalized spacial score (nSPS) is 15.8. The molecule has 0 radical (unpaired) electrons. The molecule has 4 rings (SSSR count). The molecule has 0 saturated carbocycles. The number of quaternary nitrogens is 1. The molecule has 0 spiro atoms. The van der Waals surface area contributed by atoms with E-state index in [1.165, 1.54) is 11.0 Å². The first-order chi connectivity index (χ1) is 14.2. The maximum absolute atomic E-state index is 14.0. The van der Waals surface area contributed by atoms with Crippen molar-refractivity contribution in [2.45, 2.75) is 6.04 Å². The number of carbonyl (C=O) groups excluding carboxylic acids is 1. The molecule has 6 heteroatoms. The van der Waals surface area contributed by atoms with Gasteiger partial charge in [-0.25, -0.2) is 4.39 Å². The molecule has 1 amide bonds. The smallest absolute Gasteiger partial charge is 0.287 e. The highest BCUT2D eigenvalue weighted by Crippen LogP contribution is 2.25. The molecule has 1 aliphatic rings. The Labute approximate surface area is 169 Å². The van der Waals surface area contributed by atoms with Gasteiger partial charge < -0.3 is 19.4 Å². The van der Waals surface area contributed by atoms with Gasteiger partial charge in [0.05, 0.1) is 18.8 Å². The SMILES string of the molecule is O=C(N[C@@H](C[NH+]1CCOCC1)c1ccccc1)c1ccc(-c2ccccc2F)o1. The second kappa shape index (κ2) is 9.03. The molecule has 1 atom stereocenters. The van der Waals surface area contributed by atoms with Crippen LogP contribution in [0.5, 0.6) is 0 Å². The monoisotopic (exact) mass is 395 g/mol. The van der Waals surface area contributed by atoms with Crippen molar-refractivity contribution in [2.24, 2.45) is 0 Å². The van der Waals surface area contributed by atoms with Crippen molar-refractivity contribution in [3.8, 4) is 11.3 Å². The van der Waals surface area contributed by atoms with E-state index in [1.54, 1.807) is 30.3 Å². The van der Waals surface area contributed by atoms with Crippen molar-refractivity contribution in [1.82, 2.24) is 5.32 Å². The van der Waals surface area contributed by atoms with E-state index in [0.29, 0.717) is 11.3 Å². The Morgan fingerprint density at radius 1 is 1.00 bits per heavy atom. The van der Waals surface area contributed by atoms with Crippen molar-refractivity contribution in [2.75, 3.05) is 32.8 Å². The fourth-order valence-electron chi connectivity index (χ4n) is 3.59. The fourth-order valence-corrected chi connectivity index (χ4v) is 3.59. The maximum Gasteiger partial charge on any atom is 0.287 e. The lowest BCUT2D eigenvalue weighted by Crippen LogP contribution is -3.14. The summed E-state index contributed by atoms with van der Waals surface area (Å²) in [4.78, 5) is 14.3. The van der Waals surface area contributed by atoms with Gasteiger partial charge in [0.1, 0.15) is 37.3 Å². The highest BCUT2D eigenvalue weighted by molar-refractivity contribution is 5.92. The van der Waals surface area contributed by atoms with Gasteiger partial charge in [-0.3, -0.25) is 4.79 Å². The second-order valence-corrected chi connectivity index (χ2v) is 7.15. The number of halogens is 1. The molecule has 0 unspecified atom stereocenters. The van der Waals surface area contributed by atoms with Crippen molar-refractivity contribution >= 4 is 5.91 Å². The minimum atomic E-state index is -0.383. The molecule has 0 aliphatic carbocycles. The number of hydrogen-bond acceptors (Lipinski definition) is 3. The number of morpholine rings is 1. The topological polar surface area (TPSA) is 55.9 Å². The van der Waals surface area contributed by atoms with Crippen molar-refractivity contribution < 1.29 is 23.2 Å². The van der Waals surface area contributed by atoms with Crippen molar-refractivity contribution in [3.63, 3.8) is 0 Å². The Hall–Kier alpha value is -2.96. The zero-order chi connectivity index (χ0) is 20.1. The largest absolute Gasteiger partial charge is 0.451 e. The standard InChI is InChI=1S/C23H23FN2O3/c24-19-9-5-4-8-18(19)21-10-11-22(29-21)23(27)25-20(17-6-2-1-3-7-17)16-26-12-14-28-15-13-26/h1-11,20H,12-16H2,(H,25,27)/p+1/t20-/m0/s1. The van der Waals surface area contributed by atoms with E-state index in [-0.39, 0.29) is 23.5 Å². The van der Waals surface area contributed by atoms with E-state index in [4.69, 9.17) is 9.15 Å². The molecule has 1 fully saturated rings. The number of carbonyl (C=O) groups is 1. The van der Waals surface area contributed by atoms with Gasteiger partial charge in [-0.05, 0) is 29.8 Å². The Balaban J connectivity index is 1.51. The number of nitrogens with one attached hydrogen (secondary N) is 2. The third kappa shape index (κ3) is 4.72. The molecular weight excluding hydrogens is 371 g/mol. The van der Waals surface area contributed by atoms with E-state index in [9.17, 15) is 9.18 Å². The zero-order valence-electron chi connectivity index (χ0n) is 16.1. The van der Waals surface area contributed by atoms with Crippen LogP contribution in [0.25, 0.3) is 11.3 Å². The van der Waals surface area contributed by atoms with Gasteiger partial charge in [-0.15, -0.1) is 0 Å². The van der Waals surface area contributed by atoms with Crippen LogP contribution in [0.2, 0.25) is 0 Å². The van der Waals surface area contributed by atoms with Gasteiger partial charge in [-0.1, -0.05) is 42.5 Å². The predicted octanol–water partition coefficient (Wildman–Crippen LogP) is 2.47. The predicted molar refractivity (Wildman–Crippen MR) is 107 cm³/mol. The lowest BCUT2D eigenvalue weighted by atomic mass is 10.1. The summed E-state index contributed by atoms with van der Waals surface area (Å²) in [6.07, 6.45) is 0. The van der Waals surface area contributed by atoms with Gasteiger partial charge >= 0.3 is 0 Å². The Morgan fingerprint density at radius 2 is 1.72 bits per heavy atom. The number of rotatable bonds is 6. The maximum atomic E-state index is 14.0. The van der Waals surface area contributed by atoms with Crippen LogP contribution in [0.15, 0.2) is 71.1 Å². The number of hydrogen-bond donors (Lipinski definition) is 2. The number of furan rings is 1. The average molecular weight is 395 g/mol. The number of ether oxygens (including phenoxy) is 1. The molecule has 2 aromatic carbocycles. The molecular formula is C23H24FN2O3+. The van der Waals surface area contributed by atoms with Crippen LogP contribution >= 0.6 is 0 Å². The summed E-state index contributed by atoms with van der Waals surface area (Å²) in [7, 11) is 0. The average Bonchev–Trinajstić information content (AvgIpc) is 3.25. The van der Waals surface area contributed by atoms with E-state index >= 15 is 0 Å². The van der Waals surface area contributed by atoms with Crippen LogP contribution in [0, 0.1) is 5.82 Å². The minimum Gasteiger partial charge on any atom is -0.451 e. The molecule has 2 heterocycles. The van der Waals surface area contributed by atoms with Crippen LogP contribution in [0.1, 0.15) is 22.2 Å². The molecule has 2 N–H and O–H groups in total. The Bertz CT molecular complexity index is 952. The van der Waals surface area contributed by atoms with Gasteiger partial charge in [0.15, 0.2) is 5.76 Å². The summed E-state index contributed by atoms with van der Waals surface area (Å²) in [6.45, 7) is 4.05. The summed E-state index contributed by atoms with van der Waals surface area (Å²) < 4.78 is 25.1. The summed E-state index contributed by atoms with van der Waals surface area (Å²) >= 11 is 0. The van der Waals surface area contributed by atoms with E-state index in [0.717, 1.165) is 38.4 Å². The number of benzene rings is 2. The number of amides is 1.